The van der Waals surface area contributed by atoms with E-state index in [0.717, 1.165) is 39.1 Å². The number of halogens is 1. The number of nitriles is 1. The first kappa shape index (κ1) is 16.0. The van der Waals surface area contributed by atoms with Crippen molar-refractivity contribution in [1.29, 1.82) is 5.26 Å². The number of nitrogens with one attached hydrogen (secondary N) is 1. The van der Waals surface area contributed by atoms with Gasteiger partial charge in [0.05, 0.1) is 6.07 Å². The van der Waals surface area contributed by atoms with Crippen molar-refractivity contribution >= 4 is 39.2 Å². The molecule has 1 heterocycles. The maximum absolute atomic E-state index is 11.9. The molecule has 1 N–H and O–H groups in total. The smallest absolute Gasteiger partial charge is 0.245 e. The lowest BCUT2D eigenvalue weighted by Gasteiger charge is -2.35. The molecule has 0 spiro atoms. The van der Waals surface area contributed by atoms with Crippen molar-refractivity contribution in [2.75, 3.05) is 0 Å². The summed E-state index contributed by atoms with van der Waals surface area (Å²) in [5, 5.41) is 11.9. The first-order chi connectivity index (χ1) is 11.1. The summed E-state index contributed by atoms with van der Waals surface area (Å²) in [5.74, 6) is -0.204. The lowest BCUT2D eigenvalue weighted by atomic mass is 9.78. The van der Waals surface area contributed by atoms with Crippen LogP contribution in [0.15, 0.2) is 46.9 Å². The van der Waals surface area contributed by atoms with E-state index in [4.69, 9.17) is 5.26 Å². The summed E-state index contributed by atoms with van der Waals surface area (Å²) in [6, 6.07) is 14.4. The van der Waals surface area contributed by atoms with Gasteiger partial charge in [0.2, 0.25) is 5.91 Å². The molecule has 1 aliphatic carbocycles. The molecule has 0 aliphatic heterocycles. The lowest BCUT2D eigenvalue weighted by Crippen LogP contribution is -2.51. The van der Waals surface area contributed by atoms with Crippen molar-refractivity contribution in [3.8, 4) is 16.5 Å². The van der Waals surface area contributed by atoms with E-state index in [2.05, 4.69) is 39.4 Å². The monoisotopic (exact) mass is 386 g/mol. The molecular formula is C18H15BrN2OS. The average Bonchev–Trinajstić information content (AvgIpc) is 2.98. The minimum atomic E-state index is -0.639. The molecule has 116 valence electrons. The van der Waals surface area contributed by atoms with Crippen LogP contribution >= 0.6 is 27.3 Å². The summed E-state index contributed by atoms with van der Waals surface area (Å²) in [4.78, 5) is 14.1. The summed E-state index contributed by atoms with van der Waals surface area (Å²) in [6.07, 6.45) is 5.80. The molecule has 0 atom stereocenters. The maximum Gasteiger partial charge on any atom is 0.245 e. The Balaban J connectivity index is 1.65. The number of rotatable bonds is 4. The van der Waals surface area contributed by atoms with Gasteiger partial charge in [0.25, 0.3) is 0 Å². The van der Waals surface area contributed by atoms with E-state index in [0.29, 0.717) is 0 Å². The number of hydrogen-bond donors (Lipinski definition) is 1. The fourth-order valence-corrected chi connectivity index (χ4v) is 3.62. The summed E-state index contributed by atoms with van der Waals surface area (Å²) < 4.78 is 1.05. The van der Waals surface area contributed by atoms with E-state index in [1.807, 2.05) is 24.3 Å². The minimum absolute atomic E-state index is 0.204. The second kappa shape index (κ2) is 6.69. The molecule has 5 heteroatoms. The van der Waals surface area contributed by atoms with Crippen molar-refractivity contribution in [2.24, 2.45) is 0 Å². The number of carbonyl (C=O) groups is 1. The predicted molar refractivity (Wildman–Crippen MR) is 96.8 cm³/mol. The Morgan fingerprint density at radius 3 is 2.61 bits per heavy atom. The van der Waals surface area contributed by atoms with Gasteiger partial charge in [0.15, 0.2) is 0 Å². The van der Waals surface area contributed by atoms with Gasteiger partial charge in [-0.15, -0.1) is 11.3 Å². The van der Waals surface area contributed by atoms with Crippen molar-refractivity contribution < 1.29 is 4.79 Å². The molecule has 1 fully saturated rings. The fraction of sp³-hybridized carbons (Fsp3) is 0.222. The minimum Gasteiger partial charge on any atom is -0.334 e. The predicted octanol–water partition coefficient (Wildman–Crippen LogP) is 4.75. The highest BCUT2D eigenvalue weighted by atomic mass is 79.9. The van der Waals surface area contributed by atoms with Crippen LogP contribution in [0.1, 0.15) is 24.1 Å². The average molecular weight is 387 g/mol. The Hall–Kier alpha value is -1.90. The molecule has 1 saturated carbocycles. The van der Waals surface area contributed by atoms with Crippen molar-refractivity contribution in [1.82, 2.24) is 5.32 Å². The van der Waals surface area contributed by atoms with E-state index >= 15 is 0 Å². The van der Waals surface area contributed by atoms with E-state index in [1.165, 1.54) is 6.08 Å². The number of thiophene rings is 1. The number of amides is 1. The van der Waals surface area contributed by atoms with Crippen LogP contribution in [0.2, 0.25) is 0 Å². The zero-order chi connectivity index (χ0) is 16.3. The van der Waals surface area contributed by atoms with Crippen LogP contribution in [-0.2, 0) is 4.79 Å². The van der Waals surface area contributed by atoms with E-state index in [-0.39, 0.29) is 5.91 Å². The van der Waals surface area contributed by atoms with Gasteiger partial charge >= 0.3 is 0 Å². The fourth-order valence-electron chi connectivity index (χ4n) is 2.44. The molecule has 1 aliphatic rings. The van der Waals surface area contributed by atoms with Gasteiger partial charge in [-0.25, -0.2) is 0 Å². The van der Waals surface area contributed by atoms with Gasteiger partial charge in [-0.3, -0.25) is 4.79 Å². The van der Waals surface area contributed by atoms with Gasteiger partial charge in [0, 0.05) is 20.3 Å². The Morgan fingerprint density at radius 2 is 2.00 bits per heavy atom. The summed E-state index contributed by atoms with van der Waals surface area (Å²) in [6.45, 7) is 0. The number of nitrogens with zero attached hydrogens (tertiary/aromatic N) is 1. The summed E-state index contributed by atoms with van der Waals surface area (Å²) in [5.41, 5.74) is 0.514. The zero-order valence-corrected chi connectivity index (χ0v) is 14.8. The Kier molecular flexibility index (Phi) is 4.65. The zero-order valence-electron chi connectivity index (χ0n) is 12.4. The van der Waals surface area contributed by atoms with Crippen LogP contribution in [0.4, 0.5) is 0 Å². The molecule has 1 aromatic carbocycles. The van der Waals surface area contributed by atoms with Crippen LogP contribution in [0.3, 0.4) is 0 Å². The van der Waals surface area contributed by atoms with Crippen LogP contribution in [0, 0.1) is 11.3 Å². The highest BCUT2D eigenvalue weighted by Crippen LogP contribution is 2.31. The second-order valence-corrected chi connectivity index (χ2v) is 7.61. The van der Waals surface area contributed by atoms with E-state index in [1.54, 1.807) is 17.4 Å². The Labute approximate surface area is 147 Å². The molecule has 0 radical (unpaired) electrons. The van der Waals surface area contributed by atoms with Crippen molar-refractivity contribution in [3.63, 3.8) is 0 Å². The molecular weight excluding hydrogens is 372 g/mol. The number of hydrogen-bond acceptors (Lipinski definition) is 3. The third-order valence-corrected chi connectivity index (χ3v) is 5.57. The molecule has 1 amide bonds. The van der Waals surface area contributed by atoms with Gasteiger partial charge in [-0.05, 0) is 55.2 Å². The van der Waals surface area contributed by atoms with E-state index < -0.39 is 5.54 Å². The first-order valence-corrected chi connectivity index (χ1v) is 8.98. The van der Waals surface area contributed by atoms with Gasteiger partial charge in [0.1, 0.15) is 5.54 Å². The van der Waals surface area contributed by atoms with Crippen molar-refractivity contribution in [3.05, 3.63) is 51.8 Å². The highest BCUT2D eigenvalue weighted by Gasteiger charge is 2.38. The molecule has 2 aromatic rings. The largest absolute Gasteiger partial charge is 0.334 e. The maximum atomic E-state index is 11.9. The second-order valence-electron chi connectivity index (χ2n) is 5.58. The molecule has 23 heavy (non-hydrogen) atoms. The van der Waals surface area contributed by atoms with Gasteiger partial charge in [-0.2, -0.15) is 5.26 Å². The molecule has 0 bridgehead atoms. The van der Waals surface area contributed by atoms with Gasteiger partial charge in [-0.1, -0.05) is 28.1 Å². The number of carbonyl (C=O) groups excluding carboxylic acids is 1. The van der Waals surface area contributed by atoms with Crippen LogP contribution in [0.25, 0.3) is 16.5 Å². The van der Waals surface area contributed by atoms with Crippen molar-refractivity contribution in [2.45, 2.75) is 24.8 Å². The number of benzene rings is 1. The summed E-state index contributed by atoms with van der Waals surface area (Å²) in [7, 11) is 0. The van der Waals surface area contributed by atoms with Crippen LogP contribution < -0.4 is 5.32 Å². The van der Waals surface area contributed by atoms with Crippen LogP contribution in [0.5, 0.6) is 0 Å². The summed E-state index contributed by atoms with van der Waals surface area (Å²) >= 11 is 5.06. The third-order valence-electron chi connectivity index (χ3n) is 3.94. The lowest BCUT2D eigenvalue weighted by molar-refractivity contribution is -0.118. The standard InChI is InChI=1S/C18H15BrN2OS/c19-14-4-2-13(3-5-14)16-8-6-15(23-16)7-9-17(22)21-18(12-20)10-1-11-18/h2-9H,1,10-11H2,(H,21,22)/b9-7+. The normalized spacial score (nSPS) is 15.8. The molecule has 1 aromatic heterocycles. The molecule has 3 rings (SSSR count). The molecule has 3 nitrogen and oxygen atoms in total. The molecule has 0 unspecified atom stereocenters. The Bertz CT molecular complexity index is 782. The Morgan fingerprint density at radius 1 is 1.26 bits per heavy atom. The topological polar surface area (TPSA) is 52.9 Å². The quantitative estimate of drug-likeness (QED) is 0.770. The highest BCUT2D eigenvalue weighted by molar-refractivity contribution is 9.10. The molecule has 0 saturated heterocycles. The van der Waals surface area contributed by atoms with Crippen LogP contribution in [-0.4, -0.2) is 11.4 Å². The first-order valence-electron chi connectivity index (χ1n) is 7.37. The third kappa shape index (κ3) is 3.72. The van der Waals surface area contributed by atoms with Gasteiger partial charge < -0.3 is 5.32 Å². The SMILES string of the molecule is N#CC1(NC(=O)/C=C/c2ccc(-c3ccc(Br)cc3)s2)CCC1. The van der Waals surface area contributed by atoms with E-state index in [9.17, 15) is 4.79 Å².